The van der Waals surface area contributed by atoms with E-state index < -0.39 is 10.0 Å². The fourth-order valence-electron chi connectivity index (χ4n) is 3.44. The number of hydrogen-bond donors (Lipinski definition) is 2. The van der Waals surface area contributed by atoms with Crippen molar-refractivity contribution in [2.24, 2.45) is 0 Å². The highest BCUT2D eigenvalue weighted by Crippen LogP contribution is 2.22. The van der Waals surface area contributed by atoms with E-state index in [1.54, 1.807) is 30.3 Å². The number of aryl methyl sites for hydroxylation is 1. The minimum atomic E-state index is -3.77. The zero-order chi connectivity index (χ0) is 19.4. The predicted octanol–water partition coefficient (Wildman–Crippen LogP) is 2.62. The van der Waals surface area contributed by atoms with E-state index in [2.05, 4.69) is 10.0 Å². The van der Waals surface area contributed by atoms with Gasteiger partial charge in [-0.05, 0) is 62.7 Å². The molecule has 0 aliphatic carbocycles. The highest BCUT2D eigenvalue weighted by Gasteiger charge is 2.29. The average molecular weight is 388 g/mol. The maximum atomic E-state index is 12.9. The summed E-state index contributed by atoms with van der Waals surface area (Å²) >= 11 is 0. The standard InChI is InChI=1S/C20H25N3O3S/c1-15-6-3-8-17(12-15)22-27(25,26)19-10-4-7-16(13-19)20(24)23-11-5-9-18(23)14-21-2/h3-4,6-8,10,12-13,18,21-22H,5,9,11,14H2,1-2H3. The van der Waals surface area contributed by atoms with E-state index in [0.717, 1.165) is 24.9 Å². The first-order chi connectivity index (χ1) is 12.9. The first-order valence-electron chi connectivity index (χ1n) is 9.06. The van der Waals surface area contributed by atoms with Gasteiger partial charge < -0.3 is 10.2 Å². The van der Waals surface area contributed by atoms with Crippen molar-refractivity contribution >= 4 is 21.6 Å². The number of sulfonamides is 1. The van der Waals surface area contributed by atoms with Crippen LogP contribution in [0.2, 0.25) is 0 Å². The summed E-state index contributed by atoms with van der Waals surface area (Å²) in [6, 6.07) is 13.5. The number of rotatable bonds is 6. The maximum Gasteiger partial charge on any atom is 0.261 e. The van der Waals surface area contributed by atoms with Crippen LogP contribution in [0.15, 0.2) is 53.4 Å². The van der Waals surface area contributed by atoms with E-state index in [4.69, 9.17) is 0 Å². The van der Waals surface area contributed by atoms with Crippen molar-refractivity contribution in [3.8, 4) is 0 Å². The number of benzene rings is 2. The Balaban J connectivity index is 1.83. The Kier molecular flexibility index (Phi) is 5.82. The molecule has 7 heteroatoms. The molecule has 2 aromatic carbocycles. The third kappa shape index (κ3) is 4.48. The molecule has 2 N–H and O–H groups in total. The number of anilines is 1. The molecule has 3 rings (SSSR count). The van der Waals surface area contributed by atoms with Gasteiger partial charge in [0.05, 0.1) is 4.90 Å². The normalized spacial score (nSPS) is 17.1. The molecule has 6 nitrogen and oxygen atoms in total. The Morgan fingerprint density at radius 3 is 2.70 bits per heavy atom. The Hall–Kier alpha value is -2.38. The summed E-state index contributed by atoms with van der Waals surface area (Å²) in [4.78, 5) is 14.8. The van der Waals surface area contributed by atoms with E-state index in [-0.39, 0.29) is 16.8 Å². The van der Waals surface area contributed by atoms with Gasteiger partial charge >= 0.3 is 0 Å². The lowest BCUT2D eigenvalue weighted by molar-refractivity contribution is 0.0737. The van der Waals surface area contributed by atoms with Gasteiger partial charge in [-0.15, -0.1) is 0 Å². The van der Waals surface area contributed by atoms with Crippen LogP contribution in [0.5, 0.6) is 0 Å². The molecule has 1 fully saturated rings. The first-order valence-corrected chi connectivity index (χ1v) is 10.5. The number of likely N-dealkylation sites (N-methyl/N-ethyl adjacent to an activating group) is 1. The minimum absolute atomic E-state index is 0.0826. The number of amides is 1. The van der Waals surface area contributed by atoms with Crippen LogP contribution in [0.4, 0.5) is 5.69 Å². The summed E-state index contributed by atoms with van der Waals surface area (Å²) in [7, 11) is -1.90. The van der Waals surface area contributed by atoms with Gasteiger partial charge in [-0.2, -0.15) is 0 Å². The molecule has 1 unspecified atom stereocenters. The molecule has 0 aromatic heterocycles. The zero-order valence-electron chi connectivity index (χ0n) is 15.6. The molecule has 1 aliphatic rings. The van der Waals surface area contributed by atoms with Crippen LogP contribution in [-0.4, -0.2) is 45.4 Å². The summed E-state index contributed by atoms with van der Waals surface area (Å²) in [6.07, 6.45) is 1.92. The fraction of sp³-hybridized carbons (Fsp3) is 0.350. The van der Waals surface area contributed by atoms with Gasteiger partial charge in [-0.25, -0.2) is 8.42 Å². The molecule has 1 amide bonds. The number of likely N-dealkylation sites (tertiary alicyclic amines) is 1. The largest absolute Gasteiger partial charge is 0.334 e. The third-order valence-corrected chi connectivity index (χ3v) is 6.12. The van der Waals surface area contributed by atoms with Crippen molar-refractivity contribution in [2.45, 2.75) is 30.7 Å². The van der Waals surface area contributed by atoms with Gasteiger partial charge in [-0.3, -0.25) is 9.52 Å². The highest BCUT2D eigenvalue weighted by atomic mass is 32.2. The summed E-state index contributed by atoms with van der Waals surface area (Å²) < 4.78 is 28.0. The Bertz CT molecular complexity index is 928. The van der Waals surface area contributed by atoms with Gasteiger partial charge in [0, 0.05) is 30.4 Å². The summed E-state index contributed by atoms with van der Waals surface area (Å²) in [6.45, 7) is 3.33. The second kappa shape index (κ2) is 8.10. The molecule has 1 heterocycles. The van der Waals surface area contributed by atoms with Gasteiger partial charge in [0.2, 0.25) is 0 Å². The van der Waals surface area contributed by atoms with Crippen LogP contribution in [0.1, 0.15) is 28.8 Å². The molecule has 0 bridgehead atoms. The minimum Gasteiger partial charge on any atom is -0.334 e. The SMILES string of the molecule is CNCC1CCCN1C(=O)c1cccc(S(=O)(=O)Nc2cccc(C)c2)c1. The molecule has 1 saturated heterocycles. The Morgan fingerprint density at radius 2 is 1.96 bits per heavy atom. The maximum absolute atomic E-state index is 12.9. The van der Waals surface area contributed by atoms with E-state index in [9.17, 15) is 13.2 Å². The van der Waals surface area contributed by atoms with Crippen molar-refractivity contribution in [2.75, 3.05) is 24.9 Å². The lowest BCUT2D eigenvalue weighted by Gasteiger charge is -2.24. The Labute approximate surface area is 160 Å². The number of nitrogens with one attached hydrogen (secondary N) is 2. The van der Waals surface area contributed by atoms with Crippen molar-refractivity contribution < 1.29 is 13.2 Å². The molecule has 0 radical (unpaired) electrons. The lowest BCUT2D eigenvalue weighted by atomic mass is 10.1. The van der Waals surface area contributed by atoms with E-state index in [1.807, 2.05) is 24.9 Å². The molecule has 144 valence electrons. The van der Waals surface area contributed by atoms with Crippen LogP contribution in [0, 0.1) is 6.92 Å². The molecule has 27 heavy (non-hydrogen) atoms. The van der Waals surface area contributed by atoms with Crippen LogP contribution in [0.25, 0.3) is 0 Å². The van der Waals surface area contributed by atoms with Crippen molar-refractivity contribution in [3.05, 3.63) is 59.7 Å². The Morgan fingerprint density at radius 1 is 1.19 bits per heavy atom. The van der Waals surface area contributed by atoms with E-state index in [0.29, 0.717) is 17.8 Å². The summed E-state index contributed by atoms with van der Waals surface area (Å²) in [5.41, 5.74) is 1.86. The van der Waals surface area contributed by atoms with Gasteiger partial charge in [-0.1, -0.05) is 18.2 Å². The van der Waals surface area contributed by atoms with Crippen LogP contribution in [-0.2, 0) is 10.0 Å². The summed E-state index contributed by atoms with van der Waals surface area (Å²) in [5, 5.41) is 3.11. The van der Waals surface area contributed by atoms with Crippen LogP contribution < -0.4 is 10.0 Å². The number of carbonyl (C=O) groups excluding carboxylic acids is 1. The fourth-order valence-corrected chi connectivity index (χ4v) is 4.53. The van der Waals surface area contributed by atoms with Crippen molar-refractivity contribution in [3.63, 3.8) is 0 Å². The molecule has 1 atom stereocenters. The zero-order valence-corrected chi connectivity index (χ0v) is 16.4. The second-order valence-electron chi connectivity index (χ2n) is 6.86. The molecular formula is C20H25N3O3S. The smallest absolute Gasteiger partial charge is 0.261 e. The van der Waals surface area contributed by atoms with Gasteiger partial charge in [0.15, 0.2) is 0 Å². The molecule has 2 aromatic rings. The highest BCUT2D eigenvalue weighted by molar-refractivity contribution is 7.92. The quantitative estimate of drug-likeness (QED) is 0.799. The van der Waals surface area contributed by atoms with Crippen molar-refractivity contribution in [1.82, 2.24) is 10.2 Å². The second-order valence-corrected chi connectivity index (χ2v) is 8.54. The van der Waals surface area contributed by atoms with E-state index in [1.165, 1.54) is 12.1 Å². The van der Waals surface area contributed by atoms with E-state index >= 15 is 0 Å². The third-order valence-electron chi connectivity index (χ3n) is 4.74. The monoisotopic (exact) mass is 387 g/mol. The average Bonchev–Trinajstić information content (AvgIpc) is 3.09. The summed E-state index contributed by atoms with van der Waals surface area (Å²) in [5.74, 6) is -0.125. The van der Waals surface area contributed by atoms with Crippen LogP contribution in [0.3, 0.4) is 0 Å². The van der Waals surface area contributed by atoms with Gasteiger partial charge in [0.25, 0.3) is 15.9 Å². The van der Waals surface area contributed by atoms with Gasteiger partial charge in [0.1, 0.15) is 0 Å². The topological polar surface area (TPSA) is 78.5 Å². The molecule has 0 saturated carbocycles. The van der Waals surface area contributed by atoms with Crippen molar-refractivity contribution in [1.29, 1.82) is 0 Å². The number of nitrogens with zero attached hydrogens (tertiary/aromatic N) is 1. The number of hydrogen-bond acceptors (Lipinski definition) is 4. The number of carbonyl (C=O) groups is 1. The first kappa shape index (κ1) is 19.4. The molecule has 1 aliphatic heterocycles. The molecule has 0 spiro atoms. The lowest BCUT2D eigenvalue weighted by Crippen LogP contribution is -2.40. The predicted molar refractivity (Wildman–Crippen MR) is 106 cm³/mol. The van der Waals surface area contributed by atoms with Crippen LogP contribution >= 0.6 is 0 Å². The molecular weight excluding hydrogens is 362 g/mol.